The summed E-state index contributed by atoms with van der Waals surface area (Å²) in [6.45, 7) is 0. The van der Waals surface area contributed by atoms with Crippen molar-refractivity contribution in [2.45, 2.75) is 174 Å². The second-order valence-corrected chi connectivity index (χ2v) is 12.8. The van der Waals surface area contributed by atoms with E-state index in [1.54, 1.807) is 0 Å². The maximum Gasteiger partial charge on any atom is 1.00 e. The van der Waals surface area contributed by atoms with Gasteiger partial charge in [-0.05, 0) is 48.3 Å². The van der Waals surface area contributed by atoms with E-state index >= 15 is 0 Å². The van der Waals surface area contributed by atoms with Crippen LogP contribution < -0.4 is 1360 Å². The molecule has 4 aliphatic heterocycles. The summed E-state index contributed by atoms with van der Waals surface area (Å²) in [6, 6.07) is -8.62. The van der Waals surface area contributed by atoms with Crippen LogP contribution in [0.15, 0.2) is 0 Å². The van der Waals surface area contributed by atoms with Crippen molar-refractivity contribution in [2.75, 3.05) is 0 Å². The van der Waals surface area contributed by atoms with Crippen molar-refractivity contribution < 1.29 is 1520 Å². The molecule has 58 nitrogen and oxygen atoms in total. The van der Waals surface area contributed by atoms with Crippen LogP contribution in [0.25, 0.3) is 0 Å². The summed E-state index contributed by atoms with van der Waals surface area (Å²) in [4.78, 5) is 0. The van der Waals surface area contributed by atoms with Crippen LogP contribution in [0.2, 0.25) is 0 Å². The molecule has 0 aliphatic carbocycles. The molecular formula is C28H74K30N4O54-30. The summed E-state index contributed by atoms with van der Waals surface area (Å²) in [5, 5.41) is 220. The third kappa shape index (κ3) is 255. The molecule has 4 saturated heterocycles. The normalized spacial score (nSPS) is 16.0. The van der Waals surface area contributed by atoms with Gasteiger partial charge >= 0.3 is 1230 Å². The number of hydrogen-bond donors (Lipinski definition) is 4. The average molecular weight is 2500 g/mol. The van der Waals surface area contributed by atoms with Crippen LogP contribution in [0.4, 0.5) is 0 Å². The molecule has 6 radical (unpaired) electrons. The topological polar surface area (TPSA) is 1530 Å². The molecule has 116 heavy (non-hydrogen) atoms. The Morgan fingerprint density at radius 2 is 0.172 bits per heavy atom. The zero-order chi connectivity index (χ0) is 40.0. The summed E-state index contributed by atoms with van der Waals surface area (Å²) in [5.74, 6) is 0. The number of rotatable bonds is 8. The molecule has 0 spiro atoms. The van der Waals surface area contributed by atoms with Crippen LogP contribution in [0.5, 0.6) is 0 Å². The van der Waals surface area contributed by atoms with Crippen molar-refractivity contribution in [2.24, 2.45) is 0 Å². The summed E-state index contributed by atoms with van der Waals surface area (Å²) in [7, 11) is 0. The van der Waals surface area contributed by atoms with Crippen LogP contribution in [-0.2, 0) is 0 Å². The molecule has 0 aromatic rings. The Morgan fingerprint density at radius 3 is 0.207 bits per heavy atom. The Labute approximate surface area is 1950 Å². The van der Waals surface area contributed by atoms with Crippen LogP contribution in [-0.4, -0.2) is 618 Å². The fourth-order valence-electron chi connectivity index (χ4n) is 5.81. The maximum absolute atomic E-state index is 11.0. The molecule has 590 valence electrons. The van der Waals surface area contributed by atoms with E-state index in [2.05, 4.69) is 21.3 Å². The molecule has 4 fully saturated rings. The fourth-order valence-corrected chi connectivity index (χ4v) is 5.81. The van der Waals surface area contributed by atoms with Gasteiger partial charge in [0.15, 0.2) is 0 Å². The summed E-state index contributed by atoms with van der Waals surface area (Å²) >= 11 is 0. The van der Waals surface area contributed by atoms with Crippen molar-refractivity contribution in [3.63, 3.8) is 0 Å². The quantitative estimate of drug-likeness (QED) is 0.129. The molecular weight excluding hydrogens is 2430 g/mol. The van der Waals surface area contributed by atoms with E-state index in [1.165, 1.54) is 0 Å². The van der Waals surface area contributed by atoms with Crippen molar-refractivity contribution in [1.82, 2.24) is 21.3 Å². The fraction of sp³-hybridized carbons (Fsp3) is 1.00. The molecule has 38 N–H and O–H groups in total. The standard InChI is InChI=1S/4C7H10NO5.30K.34H2O/c4*9-3-1-4(6(10)11)8-5(2-3)7(12)13;;;;;;;;;;;;;;;;;;;;;;;;;;;;;;;;;;;;;;;;;;;;;;;;;;;;;;;;;;;;;;;;/h4*3-8H,1-2H2;;;;;;;;;;;;;;;;;;;;;;;;;;;;;;;34*1H2/q4*-5;;;;;;;24*+1;;;;;;;;;;;;;;;;;;;;;;;;;;;;;;;;;;/p-34. The van der Waals surface area contributed by atoms with Crippen LogP contribution in [0.3, 0.4) is 0 Å². The van der Waals surface area contributed by atoms with Crippen molar-refractivity contribution in [3.05, 3.63) is 0 Å². The first-order valence-electron chi connectivity index (χ1n) is 16.2. The molecule has 4 heterocycles. The first-order chi connectivity index (χ1) is 24.0. The SMILES string of the molecule is [K+].[K+].[K+].[K+].[K+].[K+].[K+].[K+].[K+].[K+].[K+].[K+].[K+].[K+].[K+].[K+].[K+].[K+].[K+].[K+].[K+].[K+].[K+].[K+].[K].[K].[K].[K].[K].[K].[O-]C1CC(C([O-])[O-])NC(C([O-])[O-])C1.[O-]C1CC(C([O-])[O-])NC(C([O-])[O-])C1.[O-]C1CC(C([O-])[O-])NC(C([O-])[O-])C1.[O-]C1CC(C([O-])[O-])NC(C([O-])[O-])C1.[OH-].[OH-].[OH-].[OH-].[OH-].[OH-].[OH-].[OH-].[OH-].[OH-].[OH-].[OH-].[OH-].[OH-].[OH-].[OH-].[OH-].[OH-].[OH-].[OH-].[OH-].[OH-].[OH-].[OH-].[OH-].[OH-].[OH-].[OH-].[OH-].[OH-].[OH-].[OH-].[OH-].[OH-]. The van der Waals surface area contributed by atoms with E-state index in [0.717, 1.165) is 0 Å². The molecule has 8 unspecified atom stereocenters. The van der Waals surface area contributed by atoms with Gasteiger partial charge in [-0.2, -0.15) is 0 Å². The summed E-state index contributed by atoms with van der Waals surface area (Å²) in [5.41, 5.74) is 0. The Bertz CT molecular complexity index is 859. The van der Waals surface area contributed by atoms with Crippen molar-refractivity contribution >= 4 is 308 Å². The molecule has 8 atom stereocenters. The average Bonchev–Trinajstić information content (AvgIpc) is 3.04. The van der Waals surface area contributed by atoms with Gasteiger partial charge < -0.3 is 310 Å². The minimum atomic E-state index is -2.20. The van der Waals surface area contributed by atoms with E-state index in [0.29, 0.717) is 0 Å². The third-order valence-electron chi connectivity index (χ3n) is 8.48. The first-order valence-corrected chi connectivity index (χ1v) is 16.2. The molecule has 0 saturated carbocycles. The monoisotopic (exact) mass is 2500 g/mol. The molecule has 0 aromatic carbocycles. The predicted octanol–water partition coefficient (Wildman–Crippen LogP) is -104. The van der Waals surface area contributed by atoms with E-state index in [-0.39, 0.29) is 1780 Å². The van der Waals surface area contributed by atoms with E-state index in [4.69, 9.17) is 0 Å². The van der Waals surface area contributed by atoms with Crippen LogP contribution in [0.1, 0.15) is 51.4 Å². The number of hydrogen-bond acceptors (Lipinski definition) is 58. The molecule has 88 heteroatoms. The first kappa shape index (κ1) is 437. The largest absolute Gasteiger partial charge is 1.00 e. The van der Waals surface area contributed by atoms with Gasteiger partial charge in [-0.25, -0.2) is 50.3 Å². The van der Waals surface area contributed by atoms with Gasteiger partial charge in [0, 0.05) is 308 Å². The molecule has 0 bridgehead atoms. The minimum absolute atomic E-state index is 0. The van der Waals surface area contributed by atoms with Crippen LogP contribution >= 0.6 is 0 Å². The minimum Gasteiger partial charge on any atom is -0.870 e. The van der Waals surface area contributed by atoms with Gasteiger partial charge in [0.1, 0.15) is 0 Å². The van der Waals surface area contributed by atoms with Crippen LogP contribution in [0, 0.1) is 0 Å². The predicted molar refractivity (Wildman–Crippen MR) is 226 cm³/mol. The zero-order valence-electron chi connectivity index (χ0n) is 72.6. The van der Waals surface area contributed by atoms with Gasteiger partial charge in [-0.1, -0.05) is 51.4 Å². The zero-order valence-corrected chi connectivity index (χ0v) is 166. The van der Waals surface area contributed by atoms with Gasteiger partial charge in [-0.3, -0.25) is 0 Å². The van der Waals surface area contributed by atoms with Crippen molar-refractivity contribution in [1.29, 1.82) is 0 Å². The summed E-state index contributed by atoms with van der Waals surface area (Å²) in [6.07, 6.45) is -22.9. The Morgan fingerprint density at radius 1 is 0.129 bits per heavy atom. The molecule has 0 amide bonds. The smallest absolute Gasteiger partial charge is 0.870 e. The third-order valence-corrected chi connectivity index (χ3v) is 8.48. The van der Waals surface area contributed by atoms with E-state index in [1.807, 2.05) is 0 Å². The maximum atomic E-state index is 11.0. The van der Waals surface area contributed by atoms with Gasteiger partial charge in [0.25, 0.3) is 0 Å². The second kappa shape index (κ2) is 296. The van der Waals surface area contributed by atoms with Gasteiger partial charge in [0.05, 0.1) is 0 Å². The number of piperidine rings is 4. The van der Waals surface area contributed by atoms with E-state index in [9.17, 15) is 102 Å². The Hall–Kier alpha value is 46.8. The second-order valence-electron chi connectivity index (χ2n) is 12.8. The molecule has 4 aliphatic rings. The van der Waals surface area contributed by atoms with E-state index < -0.39 is 123 Å². The molecule has 4 rings (SSSR count). The van der Waals surface area contributed by atoms with Gasteiger partial charge in [-0.15, -0.1) is 24.4 Å². The van der Waals surface area contributed by atoms with Crippen molar-refractivity contribution in [3.8, 4) is 0 Å². The Balaban J connectivity index is -0.00000000423. The Kier molecular flexibility index (Phi) is 1120. The summed E-state index contributed by atoms with van der Waals surface area (Å²) < 4.78 is 0. The number of nitrogens with one attached hydrogen (secondary N) is 4. The van der Waals surface area contributed by atoms with Gasteiger partial charge in [0.2, 0.25) is 0 Å². The molecule has 0 aromatic heterocycles.